The molecule has 0 unspecified atom stereocenters. The molecule has 0 aromatic carbocycles. The highest BCUT2D eigenvalue weighted by atomic mass is 16.2. The van der Waals surface area contributed by atoms with Crippen LogP contribution in [0, 0.1) is 0 Å². The van der Waals surface area contributed by atoms with E-state index in [2.05, 4.69) is 14.8 Å². The molecule has 0 aromatic heterocycles. The van der Waals surface area contributed by atoms with Crippen molar-refractivity contribution < 1.29 is 4.79 Å². The van der Waals surface area contributed by atoms with Gasteiger partial charge in [0.2, 0.25) is 5.91 Å². The van der Waals surface area contributed by atoms with Gasteiger partial charge in [0.25, 0.3) is 0 Å². The summed E-state index contributed by atoms with van der Waals surface area (Å²) in [6.07, 6.45) is 8.11. The third-order valence-corrected chi connectivity index (χ3v) is 4.90. The van der Waals surface area contributed by atoms with Crippen molar-refractivity contribution in [2.24, 2.45) is 10.7 Å². The molecule has 0 radical (unpaired) electrons. The summed E-state index contributed by atoms with van der Waals surface area (Å²) in [6, 6.07) is 0.0666. The number of nitrogens with zero attached hydrogens (tertiary/aromatic N) is 4. The molecule has 0 saturated carbocycles. The van der Waals surface area contributed by atoms with Gasteiger partial charge in [0, 0.05) is 40.3 Å². The van der Waals surface area contributed by atoms with Gasteiger partial charge in [0.15, 0.2) is 5.96 Å². The normalized spacial score (nSPS) is 23.8. The van der Waals surface area contributed by atoms with Crippen LogP contribution in [0.25, 0.3) is 0 Å². The molecule has 23 heavy (non-hydrogen) atoms. The Hall–Kier alpha value is -1.30. The van der Waals surface area contributed by atoms with Crippen molar-refractivity contribution in [3.63, 3.8) is 0 Å². The van der Waals surface area contributed by atoms with Gasteiger partial charge in [-0.25, -0.2) is 0 Å². The number of guanidine groups is 1. The highest BCUT2D eigenvalue weighted by Gasteiger charge is 2.30. The summed E-state index contributed by atoms with van der Waals surface area (Å²) in [4.78, 5) is 23.0. The van der Waals surface area contributed by atoms with Gasteiger partial charge in [-0.05, 0) is 38.6 Å². The zero-order chi connectivity index (χ0) is 16.7. The fourth-order valence-electron chi connectivity index (χ4n) is 3.54. The number of nitrogens with two attached hydrogens (primary N) is 1. The number of hydrogen-bond donors (Lipinski definition) is 1. The summed E-state index contributed by atoms with van der Waals surface area (Å²) in [5, 5.41) is 0. The molecule has 0 aromatic rings. The number of carbonyl (C=O) groups excluding carboxylic acids is 1. The van der Waals surface area contributed by atoms with Crippen LogP contribution in [0.2, 0.25) is 0 Å². The highest BCUT2D eigenvalue weighted by Crippen LogP contribution is 2.18. The first kappa shape index (κ1) is 18.0. The quantitative estimate of drug-likeness (QED) is 0.468. The lowest BCUT2D eigenvalue weighted by Crippen LogP contribution is -2.43. The molecule has 1 atom stereocenters. The summed E-state index contributed by atoms with van der Waals surface area (Å²) in [6.45, 7) is 4.79. The number of rotatable bonds is 5. The van der Waals surface area contributed by atoms with E-state index in [1.165, 1.54) is 25.7 Å². The van der Waals surface area contributed by atoms with E-state index in [0.29, 0.717) is 5.96 Å². The molecular weight excluding hydrogens is 290 g/mol. The third-order valence-electron chi connectivity index (χ3n) is 4.90. The highest BCUT2D eigenvalue weighted by molar-refractivity contribution is 5.81. The average Bonchev–Trinajstić information content (AvgIpc) is 2.82. The van der Waals surface area contributed by atoms with E-state index in [1.54, 1.807) is 4.90 Å². The van der Waals surface area contributed by atoms with Crippen molar-refractivity contribution in [2.75, 3.05) is 46.8 Å². The lowest BCUT2D eigenvalue weighted by atomic mass is 10.2. The molecule has 2 heterocycles. The van der Waals surface area contributed by atoms with Crippen LogP contribution >= 0.6 is 0 Å². The van der Waals surface area contributed by atoms with Crippen LogP contribution in [0.3, 0.4) is 0 Å². The van der Waals surface area contributed by atoms with Crippen molar-refractivity contribution in [1.29, 1.82) is 0 Å². The molecule has 0 aliphatic carbocycles. The van der Waals surface area contributed by atoms with Crippen molar-refractivity contribution in [3.05, 3.63) is 0 Å². The van der Waals surface area contributed by atoms with E-state index in [1.807, 2.05) is 14.1 Å². The first-order valence-electron chi connectivity index (χ1n) is 9.09. The van der Waals surface area contributed by atoms with Crippen LogP contribution in [0.4, 0.5) is 0 Å². The average molecular weight is 323 g/mol. The summed E-state index contributed by atoms with van der Waals surface area (Å²) in [7, 11) is 3.68. The molecule has 2 aliphatic heterocycles. The van der Waals surface area contributed by atoms with Gasteiger partial charge in [-0.2, -0.15) is 0 Å². The van der Waals surface area contributed by atoms with Gasteiger partial charge >= 0.3 is 0 Å². The van der Waals surface area contributed by atoms with Crippen LogP contribution in [0.1, 0.15) is 44.9 Å². The van der Waals surface area contributed by atoms with E-state index >= 15 is 0 Å². The molecule has 0 spiro atoms. The second-order valence-electron chi connectivity index (χ2n) is 6.92. The Morgan fingerprint density at radius 2 is 1.83 bits per heavy atom. The number of hydrogen-bond acceptors (Lipinski definition) is 3. The van der Waals surface area contributed by atoms with Gasteiger partial charge in [-0.3, -0.25) is 14.7 Å². The maximum atomic E-state index is 12.2. The molecule has 2 N–H and O–H groups in total. The Labute approximate surface area is 140 Å². The standard InChI is InChI=1S/C17H33N5O/c1-20(2)16(23)15-9-7-13-21(15)14-8-10-19-17(18)22-11-5-3-4-6-12-22/h15H,3-14H2,1-2H3,(H2,18,19)/t15-/m0/s1. The van der Waals surface area contributed by atoms with Crippen molar-refractivity contribution in [1.82, 2.24) is 14.7 Å². The predicted octanol–water partition coefficient (Wildman–Crippen LogP) is 1.12. The van der Waals surface area contributed by atoms with E-state index in [4.69, 9.17) is 5.73 Å². The van der Waals surface area contributed by atoms with Gasteiger partial charge < -0.3 is 15.5 Å². The number of aliphatic imine (C=N–C) groups is 1. The maximum Gasteiger partial charge on any atom is 0.239 e. The zero-order valence-corrected chi connectivity index (χ0v) is 14.8. The Bertz CT molecular complexity index is 402. The van der Waals surface area contributed by atoms with E-state index < -0.39 is 0 Å². The van der Waals surface area contributed by atoms with Crippen molar-refractivity contribution in [3.8, 4) is 0 Å². The fourth-order valence-corrected chi connectivity index (χ4v) is 3.54. The monoisotopic (exact) mass is 323 g/mol. The van der Waals surface area contributed by atoms with Gasteiger partial charge in [-0.1, -0.05) is 12.8 Å². The molecule has 6 nitrogen and oxygen atoms in total. The smallest absolute Gasteiger partial charge is 0.239 e. The minimum atomic E-state index is 0.0666. The molecule has 6 heteroatoms. The van der Waals surface area contributed by atoms with Crippen LogP contribution in [0.15, 0.2) is 4.99 Å². The zero-order valence-electron chi connectivity index (χ0n) is 14.8. The minimum Gasteiger partial charge on any atom is -0.370 e. The molecule has 0 bridgehead atoms. The maximum absolute atomic E-state index is 12.2. The number of carbonyl (C=O) groups is 1. The Morgan fingerprint density at radius 3 is 2.48 bits per heavy atom. The second kappa shape index (κ2) is 9.11. The summed E-state index contributed by atoms with van der Waals surface area (Å²) in [5.74, 6) is 0.935. The first-order chi connectivity index (χ1) is 11.1. The molecule has 2 aliphatic rings. The van der Waals surface area contributed by atoms with Crippen molar-refractivity contribution in [2.45, 2.75) is 51.0 Å². The minimum absolute atomic E-state index is 0.0666. The van der Waals surface area contributed by atoms with E-state index in [-0.39, 0.29) is 11.9 Å². The van der Waals surface area contributed by atoms with Crippen LogP contribution in [0.5, 0.6) is 0 Å². The number of likely N-dealkylation sites (N-methyl/N-ethyl adjacent to an activating group) is 1. The van der Waals surface area contributed by atoms with Crippen LogP contribution < -0.4 is 5.73 Å². The van der Waals surface area contributed by atoms with E-state index in [9.17, 15) is 4.79 Å². The van der Waals surface area contributed by atoms with Gasteiger partial charge in [-0.15, -0.1) is 0 Å². The SMILES string of the molecule is CN(C)C(=O)[C@@H]1CCCN1CCCN=C(N)N1CCCCCC1. The molecule has 1 amide bonds. The number of amides is 1. The largest absolute Gasteiger partial charge is 0.370 e. The van der Waals surface area contributed by atoms with Gasteiger partial charge in [0.05, 0.1) is 6.04 Å². The van der Waals surface area contributed by atoms with E-state index in [0.717, 1.165) is 52.0 Å². The van der Waals surface area contributed by atoms with Crippen LogP contribution in [-0.4, -0.2) is 79.4 Å². The number of likely N-dealkylation sites (tertiary alicyclic amines) is 2. The molecule has 2 fully saturated rings. The fraction of sp³-hybridized carbons (Fsp3) is 0.882. The van der Waals surface area contributed by atoms with Crippen LogP contribution in [-0.2, 0) is 4.79 Å². The molecule has 2 saturated heterocycles. The Balaban J connectivity index is 1.73. The Kier molecular flexibility index (Phi) is 7.15. The second-order valence-corrected chi connectivity index (χ2v) is 6.92. The predicted molar refractivity (Wildman–Crippen MR) is 94.4 cm³/mol. The first-order valence-corrected chi connectivity index (χ1v) is 9.09. The summed E-state index contributed by atoms with van der Waals surface area (Å²) in [5.41, 5.74) is 6.13. The molecule has 132 valence electrons. The van der Waals surface area contributed by atoms with Gasteiger partial charge in [0.1, 0.15) is 0 Å². The summed E-state index contributed by atoms with van der Waals surface area (Å²) < 4.78 is 0. The Morgan fingerprint density at radius 1 is 1.13 bits per heavy atom. The van der Waals surface area contributed by atoms with Crippen molar-refractivity contribution >= 4 is 11.9 Å². The topological polar surface area (TPSA) is 65.2 Å². The summed E-state index contributed by atoms with van der Waals surface area (Å²) >= 11 is 0. The lowest BCUT2D eigenvalue weighted by molar-refractivity contribution is -0.133. The third kappa shape index (κ3) is 5.37. The lowest BCUT2D eigenvalue weighted by Gasteiger charge is -2.26. The molecular formula is C17H33N5O. The molecule has 2 rings (SSSR count).